The first kappa shape index (κ1) is 21.1. The van der Waals surface area contributed by atoms with E-state index in [-0.39, 0.29) is 10.0 Å². The standard InChI is InChI=1S/C10H30O6Si6/c1-18(2,3)13-22(14-19(4,5)6)15-20(7,8)11-17-12-21(9,10)16-22/h1-10H3. The Morgan fingerprint density at radius 3 is 1.27 bits per heavy atom. The molecule has 0 aromatic rings. The topological polar surface area (TPSA) is 55.4 Å². The summed E-state index contributed by atoms with van der Waals surface area (Å²) in [7, 11) is -12.1. The predicted molar refractivity (Wildman–Crippen MR) is 99.7 cm³/mol. The molecule has 0 saturated carbocycles. The molecule has 0 aliphatic carbocycles. The summed E-state index contributed by atoms with van der Waals surface area (Å²) in [6, 6.07) is 0. The lowest BCUT2D eigenvalue weighted by Crippen LogP contribution is -2.68. The molecule has 1 fully saturated rings. The van der Waals surface area contributed by atoms with Gasteiger partial charge in [-0.15, -0.1) is 0 Å². The van der Waals surface area contributed by atoms with E-state index in [1.54, 1.807) is 0 Å². The van der Waals surface area contributed by atoms with Crippen molar-refractivity contribution in [2.45, 2.75) is 65.5 Å². The quantitative estimate of drug-likeness (QED) is 0.659. The Balaban J connectivity index is 3.24. The van der Waals surface area contributed by atoms with Gasteiger partial charge in [0.1, 0.15) is 0 Å². The number of rotatable bonds is 4. The Hall–Kier alpha value is 1.06. The summed E-state index contributed by atoms with van der Waals surface area (Å²) in [5.41, 5.74) is 0. The molecule has 0 amide bonds. The zero-order chi connectivity index (χ0) is 17.4. The third-order valence-corrected chi connectivity index (χ3v) is 19.6. The highest BCUT2D eigenvalue weighted by Gasteiger charge is 2.59. The summed E-state index contributed by atoms with van der Waals surface area (Å²) >= 11 is 0. The Morgan fingerprint density at radius 2 is 1.00 bits per heavy atom. The van der Waals surface area contributed by atoms with Crippen LogP contribution in [0.1, 0.15) is 0 Å². The van der Waals surface area contributed by atoms with Gasteiger partial charge in [-0.3, -0.25) is 0 Å². The van der Waals surface area contributed by atoms with Crippen molar-refractivity contribution in [2.75, 3.05) is 0 Å². The summed E-state index contributed by atoms with van der Waals surface area (Å²) in [5, 5.41) is 0. The average molecular weight is 415 g/mol. The van der Waals surface area contributed by atoms with Crippen LogP contribution >= 0.6 is 0 Å². The summed E-state index contributed by atoms with van der Waals surface area (Å²) in [4.78, 5) is 0. The summed E-state index contributed by atoms with van der Waals surface area (Å²) < 4.78 is 37.3. The van der Waals surface area contributed by atoms with E-state index in [4.69, 9.17) is 24.7 Å². The molecule has 130 valence electrons. The van der Waals surface area contributed by atoms with E-state index in [0.29, 0.717) is 0 Å². The van der Waals surface area contributed by atoms with Crippen LogP contribution in [0.3, 0.4) is 0 Å². The average Bonchev–Trinajstić information content (AvgIpc) is 2.04. The monoisotopic (exact) mass is 414 g/mol. The molecule has 6 nitrogen and oxygen atoms in total. The predicted octanol–water partition coefficient (Wildman–Crippen LogP) is 3.14. The highest BCUT2D eigenvalue weighted by atomic mass is 28.6. The van der Waals surface area contributed by atoms with E-state index >= 15 is 0 Å². The van der Waals surface area contributed by atoms with Gasteiger partial charge >= 0.3 is 36.2 Å². The van der Waals surface area contributed by atoms with Gasteiger partial charge in [0.2, 0.25) is 0 Å². The SMILES string of the molecule is C[Si](C)(C)O[Si]1(O[Si](C)(C)C)O[Si](C)(C)O[Si]O[Si](C)(C)O1. The Bertz CT molecular complexity index is 354. The third-order valence-electron chi connectivity index (χ3n) is 2.18. The van der Waals surface area contributed by atoms with Crippen molar-refractivity contribution in [3.8, 4) is 0 Å². The normalized spacial score (nSPS) is 25.4. The first-order valence-electron chi connectivity index (χ1n) is 7.45. The smallest absolute Gasteiger partial charge is 0.414 e. The molecule has 0 atom stereocenters. The van der Waals surface area contributed by atoms with Crippen LogP contribution in [0.5, 0.6) is 0 Å². The van der Waals surface area contributed by atoms with E-state index in [9.17, 15) is 0 Å². The lowest BCUT2D eigenvalue weighted by molar-refractivity contribution is 0.113. The molecule has 1 saturated heterocycles. The molecule has 0 aromatic carbocycles. The number of hydrogen-bond acceptors (Lipinski definition) is 6. The van der Waals surface area contributed by atoms with Gasteiger partial charge in [-0.2, -0.15) is 0 Å². The van der Waals surface area contributed by atoms with Crippen molar-refractivity contribution in [3.05, 3.63) is 0 Å². The lowest BCUT2D eigenvalue weighted by atomic mass is 11.8. The maximum Gasteiger partial charge on any atom is 0.640 e. The summed E-state index contributed by atoms with van der Waals surface area (Å²) in [5.74, 6) is 0. The van der Waals surface area contributed by atoms with E-state index < -0.39 is 42.8 Å². The molecule has 22 heavy (non-hydrogen) atoms. The second kappa shape index (κ2) is 6.76. The molecule has 0 spiro atoms. The maximum absolute atomic E-state index is 6.41. The van der Waals surface area contributed by atoms with E-state index in [1.165, 1.54) is 0 Å². The van der Waals surface area contributed by atoms with Gasteiger partial charge in [-0.25, -0.2) is 0 Å². The molecule has 1 aliphatic rings. The van der Waals surface area contributed by atoms with Crippen LogP contribution in [0.4, 0.5) is 0 Å². The molecule has 1 rings (SSSR count). The van der Waals surface area contributed by atoms with Gasteiger partial charge in [0, 0.05) is 0 Å². The van der Waals surface area contributed by atoms with Crippen LogP contribution in [0.15, 0.2) is 0 Å². The largest absolute Gasteiger partial charge is 0.640 e. The lowest BCUT2D eigenvalue weighted by Gasteiger charge is -2.45. The molecular formula is C10H30O6Si6. The minimum Gasteiger partial charge on any atom is -0.414 e. The van der Waals surface area contributed by atoms with Gasteiger partial charge in [0.05, 0.1) is 0 Å². The fourth-order valence-electron chi connectivity index (χ4n) is 1.74. The Morgan fingerprint density at radius 1 is 0.682 bits per heavy atom. The highest BCUT2D eigenvalue weighted by Crippen LogP contribution is 2.31. The van der Waals surface area contributed by atoms with Crippen molar-refractivity contribution in [2.24, 2.45) is 0 Å². The van der Waals surface area contributed by atoms with Crippen molar-refractivity contribution >= 4 is 52.8 Å². The van der Waals surface area contributed by atoms with Crippen molar-refractivity contribution < 1.29 is 24.7 Å². The zero-order valence-electron chi connectivity index (χ0n) is 15.4. The first-order chi connectivity index (χ1) is 9.54. The molecule has 0 aromatic heterocycles. The minimum absolute atomic E-state index is 0.0475. The first-order valence-corrected chi connectivity index (χ1v) is 22.3. The molecule has 1 aliphatic heterocycles. The van der Waals surface area contributed by atoms with Gasteiger partial charge in [0.25, 0.3) is 0 Å². The van der Waals surface area contributed by atoms with Crippen molar-refractivity contribution in [1.82, 2.24) is 0 Å². The maximum atomic E-state index is 6.41. The van der Waals surface area contributed by atoms with E-state index in [1.807, 2.05) is 26.2 Å². The number of hydrogen-bond donors (Lipinski definition) is 0. The second-order valence-corrected chi connectivity index (χ2v) is 28.3. The molecule has 0 unspecified atom stereocenters. The van der Waals surface area contributed by atoms with E-state index in [2.05, 4.69) is 39.3 Å². The minimum atomic E-state index is -3.31. The van der Waals surface area contributed by atoms with Crippen LogP contribution in [-0.2, 0) is 24.7 Å². The molecule has 0 N–H and O–H groups in total. The fraction of sp³-hybridized carbons (Fsp3) is 1.00. The van der Waals surface area contributed by atoms with E-state index in [0.717, 1.165) is 0 Å². The molecule has 12 heteroatoms. The van der Waals surface area contributed by atoms with Gasteiger partial charge < -0.3 is 24.7 Å². The summed E-state index contributed by atoms with van der Waals surface area (Å²) in [6.07, 6.45) is 0. The third kappa shape index (κ3) is 7.75. The van der Waals surface area contributed by atoms with Crippen molar-refractivity contribution in [3.63, 3.8) is 0 Å². The van der Waals surface area contributed by atoms with Gasteiger partial charge in [-0.05, 0) is 65.5 Å². The highest BCUT2D eigenvalue weighted by molar-refractivity contribution is 6.91. The van der Waals surface area contributed by atoms with Crippen LogP contribution in [0.25, 0.3) is 0 Å². The molecule has 1 heterocycles. The van der Waals surface area contributed by atoms with Gasteiger partial charge in [0.15, 0.2) is 16.6 Å². The van der Waals surface area contributed by atoms with Gasteiger partial charge in [-0.1, -0.05) is 0 Å². The van der Waals surface area contributed by atoms with Crippen LogP contribution in [0.2, 0.25) is 65.5 Å². The Labute approximate surface area is 143 Å². The summed E-state index contributed by atoms with van der Waals surface area (Å²) in [6.45, 7) is 20.6. The zero-order valence-corrected chi connectivity index (χ0v) is 21.4. The molecule has 2 radical (unpaired) electrons. The fourth-order valence-corrected chi connectivity index (χ4v) is 19.0. The Kier molecular flexibility index (Phi) is 6.48. The van der Waals surface area contributed by atoms with Crippen LogP contribution < -0.4 is 0 Å². The molecule has 0 bridgehead atoms. The van der Waals surface area contributed by atoms with Crippen LogP contribution in [0, 0.1) is 0 Å². The molecular weight excluding hydrogens is 385 g/mol. The van der Waals surface area contributed by atoms with Crippen LogP contribution in [-0.4, -0.2) is 52.8 Å². The second-order valence-electron chi connectivity index (χ2n) is 8.22. The van der Waals surface area contributed by atoms with Crippen molar-refractivity contribution in [1.29, 1.82) is 0 Å².